The zero-order valence-corrected chi connectivity index (χ0v) is 17.1. The molecule has 0 aliphatic heterocycles. The molecule has 158 valence electrons. The Morgan fingerprint density at radius 1 is 1.13 bits per heavy atom. The van der Waals surface area contributed by atoms with Gasteiger partial charge in [0, 0.05) is 36.9 Å². The topological polar surface area (TPSA) is 111 Å². The van der Waals surface area contributed by atoms with Crippen LogP contribution in [0.3, 0.4) is 0 Å². The number of rotatable bonds is 7. The summed E-state index contributed by atoms with van der Waals surface area (Å²) in [5.41, 5.74) is -0.468. The van der Waals surface area contributed by atoms with Gasteiger partial charge >= 0.3 is 5.63 Å². The molecule has 0 aliphatic carbocycles. The fourth-order valence-electron chi connectivity index (χ4n) is 3.16. The maximum atomic E-state index is 12.5. The number of aromatic nitrogens is 3. The number of carbonyl (C=O) groups excluding carboxylic acids is 1. The Labute approximate surface area is 177 Å². The number of amides is 1. The van der Waals surface area contributed by atoms with E-state index in [1.807, 2.05) is 42.1 Å². The van der Waals surface area contributed by atoms with Gasteiger partial charge in [0.25, 0.3) is 5.91 Å². The maximum Gasteiger partial charge on any atom is 0.349 e. The number of methoxy groups -OCH3 is 1. The van der Waals surface area contributed by atoms with Crippen LogP contribution in [0.4, 0.5) is 5.82 Å². The number of hydrogen-bond donors (Lipinski definition) is 2. The van der Waals surface area contributed by atoms with Crippen LogP contribution in [0.5, 0.6) is 5.75 Å². The Bertz CT molecular complexity index is 1280. The van der Waals surface area contributed by atoms with Crippen molar-refractivity contribution < 1.29 is 13.9 Å². The van der Waals surface area contributed by atoms with Gasteiger partial charge in [0.1, 0.15) is 23.0 Å². The lowest BCUT2D eigenvalue weighted by atomic mass is 10.1. The molecule has 4 rings (SSSR count). The number of fused-ring (bicyclic) bond motifs is 1. The lowest BCUT2D eigenvalue weighted by Crippen LogP contribution is -2.32. The zero-order valence-electron chi connectivity index (χ0n) is 17.1. The van der Waals surface area contributed by atoms with Crippen LogP contribution >= 0.6 is 0 Å². The van der Waals surface area contributed by atoms with Crippen molar-refractivity contribution in [2.75, 3.05) is 25.5 Å². The third kappa shape index (κ3) is 4.40. The third-order valence-electron chi connectivity index (χ3n) is 4.60. The molecule has 0 fully saturated rings. The monoisotopic (exact) mass is 419 g/mol. The molecule has 9 nitrogen and oxygen atoms in total. The van der Waals surface area contributed by atoms with Gasteiger partial charge in [-0.1, -0.05) is 12.1 Å². The van der Waals surface area contributed by atoms with Crippen molar-refractivity contribution in [2.24, 2.45) is 0 Å². The number of aryl methyl sites for hydroxylation is 1. The second kappa shape index (κ2) is 8.70. The van der Waals surface area contributed by atoms with Crippen molar-refractivity contribution in [1.29, 1.82) is 0 Å². The zero-order chi connectivity index (χ0) is 21.8. The first-order valence-corrected chi connectivity index (χ1v) is 9.67. The number of para-hydroxylation sites is 1. The summed E-state index contributed by atoms with van der Waals surface area (Å²) < 4.78 is 12.4. The maximum absolute atomic E-state index is 12.5. The van der Waals surface area contributed by atoms with E-state index < -0.39 is 11.5 Å². The van der Waals surface area contributed by atoms with Gasteiger partial charge in [0.05, 0.1) is 7.11 Å². The van der Waals surface area contributed by atoms with Crippen LogP contribution in [0, 0.1) is 6.92 Å². The quantitative estimate of drug-likeness (QED) is 0.350. The molecule has 3 aromatic heterocycles. The molecule has 31 heavy (non-hydrogen) atoms. The SMILES string of the molecule is COc1cccc2cc(C(=O)NCCNc3cc(-n4cccc4)nc(C)n3)c(=O)oc12. The molecule has 4 aromatic rings. The highest BCUT2D eigenvalue weighted by atomic mass is 16.5. The second-order valence-corrected chi connectivity index (χ2v) is 6.76. The number of ether oxygens (including phenoxy) is 1. The summed E-state index contributed by atoms with van der Waals surface area (Å²) in [5.74, 6) is 1.94. The number of nitrogens with zero attached hydrogens (tertiary/aromatic N) is 3. The molecular formula is C22H21N5O4. The molecule has 2 N–H and O–H groups in total. The van der Waals surface area contributed by atoms with Crippen LogP contribution in [0.1, 0.15) is 16.2 Å². The fourth-order valence-corrected chi connectivity index (χ4v) is 3.16. The third-order valence-corrected chi connectivity index (χ3v) is 4.60. The first-order valence-electron chi connectivity index (χ1n) is 9.67. The van der Waals surface area contributed by atoms with Crippen molar-refractivity contribution in [1.82, 2.24) is 19.9 Å². The van der Waals surface area contributed by atoms with Crippen LogP contribution in [-0.4, -0.2) is 40.6 Å². The van der Waals surface area contributed by atoms with Crippen LogP contribution in [0.2, 0.25) is 0 Å². The number of hydrogen-bond acceptors (Lipinski definition) is 7. The largest absolute Gasteiger partial charge is 0.493 e. The molecule has 0 saturated carbocycles. The Morgan fingerprint density at radius 2 is 1.94 bits per heavy atom. The van der Waals surface area contributed by atoms with E-state index >= 15 is 0 Å². The first-order chi connectivity index (χ1) is 15.0. The van der Waals surface area contributed by atoms with Crippen molar-refractivity contribution >= 4 is 22.7 Å². The van der Waals surface area contributed by atoms with E-state index in [4.69, 9.17) is 9.15 Å². The van der Waals surface area contributed by atoms with Crippen LogP contribution in [0.25, 0.3) is 16.8 Å². The lowest BCUT2D eigenvalue weighted by Gasteiger charge is -2.10. The normalized spacial score (nSPS) is 10.8. The molecular weight excluding hydrogens is 398 g/mol. The van der Waals surface area contributed by atoms with Crippen molar-refractivity contribution in [3.8, 4) is 11.6 Å². The van der Waals surface area contributed by atoms with Gasteiger partial charge in [-0.05, 0) is 31.2 Å². The number of carbonyl (C=O) groups is 1. The average molecular weight is 419 g/mol. The van der Waals surface area contributed by atoms with Gasteiger partial charge in [-0.15, -0.1) is 0 Å². The highest BCUT2D eigenvalue weighted by Gasteiger charge is 2.15. The van der Waals surface area contributed by atoms with Crippen molar-refractivity contribution in [2.45, 2.75) is 6.92 Å². The molecule has 0 spiro atoms. The van der Waals surface area contributed by atoms with E-state index in [9.17, 15) is 9.59 Å². The lowest BCUT2D eigenvalue weighted by molar-refractivity contribution is 0.0951. The summed E-state index contributed by atoms with van der Waals surface area (Å²) in [6, 6.07) is 12.4. The summed E-state index contributed by atoms with van der Waals surface area (Å²) in [4.78, 5) is 33.5. The molecule has 1 amide bonds. The molecule has 0 atom stereocenters. The number of nitrogens with one attached hydrogen (secondary N) is 2. The minimum absolute atomic E-state index is 0.0615. The second-order valence-electron chi connectivity index (χ2n) is 6.76. The van der Waals surface area contributed by atoms with Crippen LogP contribution in [-0.2, 0) is 0 Å². The molecule has 0 bridgehead atoms. The summed E-state index contributed by atoms with van der Waals surface area (Å²) >= 11 is 0. The van der Waals surface area contributed by atoms with Gasteiger partial charge in [-0.3, -0.25) is 4.79 Å². The fraction of sp³-hybridized carbons (Fsp3) is 0.182. The van der Waals surface area contributed by atoms with Gasteiger partial charge in [0.2, 0.25) is 0 Å². The smallest absolute Gasteiger partial charge is 0.349 e. The van der Waals surface area contributed by atoms with Gasteiger partial charge in [0.15, 0.2) is 11.3 Å². The van der Waals surface area contributed by atoms with E-state index in [0.29, 0.717) is 34.9 Å². The van der Waals surface area contributed by atoms with Gasteiger partial charge < -0.3 is 24.4 Å². The van der Waals surface area contributed by atoms with Crippen LogP contribution < -0.4 is 21.0 Å². The van der Waals surface area contributed by atoms with Crippen molar-refractivity contribution in [3.05, 3.63) is 76.7 Å². The molecule has 0 radical (unpaired) electrons. The minimum Gasteiger partial charge on any atom is -0.493 e. The van der Waals surface area contributed by atoms with E-state index in [1.165, 1.54) is 13.2 Å². The molecule has 0 aliphatic rings. The average Bonchev–Trinajstić information content (AvgIpc) is 3.30. The van der Waals surface area contributed by atoms with E-state index in [1.54, 1.807) is 18.2 Å². The van der Waals surface area contributed by atoms with Gasteiger partial charge in [-0.25, -0.2) is 14.8 Å². The Morgan fingerprint density at radius 3 is 2.71 bits per heavy atom. The molecule has 3 heterocycles. The Kier molecular flexibility index (Phi) is 5.65. The minimum atomic E-state index is -0.717. The predicted octanol–water partition coefficient (Wildman–Crippen LogP) is 2.53. The number of anilines is 1. The summed E-state index contributed by atoms with van der Waals surface area (Å²) in [6.45, 7) is 2.52. The Hall–Kier alpha value is -4.14. The van der Waals surface area contributed by atoms with Crippen molar-refractivity contribution in [3.63, 3.8) is 0 Å². The summed E-state index contributed by atoms with van der Waals surface area (Å²) in [6.07, 6.45) is 3.80. The summed E-state index contributed by atoms with van der Waals surface area (Å²) in [7, 11) is 1.49. The molecule has 0 saturated heterocycles. The molecule has 9 heteroatoms. The number of benzene rings is 1. The highest BCUT2D eigenvalue weighted by molar-refractivity contribution is 5.97. The Balaban J connectivity index is 1.40. The van der Waals surface area contributed by atoms with E-state index in [-0.39, 0.29) is 12.1 Å². The van der Waals surface area contributed by atoms with Crippen LogP contribution in [0.15, 0.2) is 64.1 Å². The highest BCUT2D eigenvalue weighted by Crippen LogP contribution is 2.24. The summed E-state index contributed by atoms with van der Waals surface area (Å²) in [5, 5.41) is 6.48. The van der Waals surface area contributed by atoms with E-state index in [0.717, 1.165) is 5.82 Å². The van der Waals surface area contributed by atoms with E-state index in [2.05, 4.69) is 20.6 Å². The van der Waals surface area contributed by atoms with Gasteiger partial charge in [-0.2, -0.15) is 0 Å². The molecule has 1 aromatic carbocycles. The predicted molar refractivity (Wildman–Crippen MR) is 116 cm³/mol. The molecule has 0 unspecified atom stereocenters. The first kappa shape index (κ1) is 20.1. The standard InChI is InChI=1S/C22H21N5O4/c1-14-25-18(13-19(26-14)27-10-3-4-11-27)23-8-9-24-21(28)16-12-15-6-5-7-17(30-2)20(15)31-22(16)29/h3-7,10-13H,8-9H2,1-2H3,(H,24,28)(H,23,25,26).